The van der Waals surface area contributed by atoms with E-state index in [1.807, 2.05) is 4.90 Å². The van der Waals surface area contributed by atoms with Gasteiger partial charge in [0.15, 0.2) is 11.5 Å². The summed E-state index contributed by atoms with van der Waals surface area (Å²) in [6.07, 6.45) is 5.58. The van der Waals surface area contributed by atoms with Crippen LogP contribution < -0.4 is 9.47 Å². The fourth-order valence-corrected chi connectivity index (χ4v) is 4.31. The molecule has 3 rings (SSSR count). The van der Waals surface area contributed by atoms with Gasteiger partial charge in [0.05, 0.1) is 20.8 Å². The van der Waals surface area contributed by atoms with Crippen LogP contribution in [-0.2, 0) is 16.1 Å². The van der Waals surface area contributed by atoms with Crippen LogP contribution in [0, 0.1) is 0 Å². The van der Waals surface area contributed by atoms with Crippen molar-refractivity contribution >= 4 is 5.91 Å². The zero-order chi connectivity index (χ0) is 18.6. The Morgan fingerprint density at radius 3 is 2.62 bits per heavy atom. The van der Waals surface area contributed by atoms with Crippen molar-refractivity contribution in [2.75, 3.05) is 47.6 Å². The van der Waals surface area contributed by atoms with Gasteiger partial charge in [-0.3, -0.25) is 14.7 Å². The second-order valence-electron chi connectivity index (χ2n) is 6.94. The number of aromatic nitrogens is 1. The number of carbonyl (C=O) groups is 1. The molecule has 7 heteroatoms. The van der Waals surface area contributed by atoms with Crippen molar-refractivity contribution in [1.82, 2.24) is 14.8 Å². The maximum atomic E-state index is 13.3. The molecule has 0 aliphatic carbocycles. The van der Waals surface area contributed by atoms with Gasteiger partial charge in [-0.05, 0) is 32.2 Å². The third-order valence-corrected chi connectivity index (χ3v) is 5.60. The number of ether oxygens (including phenoxy) is 3. The van der Waals surface area contributed by atoms with Crippen LogP contribution in [-0.4, -0.2) is 73.8 Å². The van der Waals surface area contributed by atoms with E-state index in [1.165, 1.54) is 0 Å². The quantitative estimate of drug-likeness (QED) is 0.735. The van der Waals surface area contributed by atoms with Gasteiger partial charge in [-0.15, -0.1) is 0 Å². The van der Waals surface area contributed by atoms with E-state index in [-0.39, 0.29) is 5.91 Å². The lowest BCUT2D eigenvalue weighted by molar-refractivity contribution is -0.148. The van der Waals surface area contributed by atoms with E-state index >= 15 is 0 Å². The van der Waals surface area contributed by atoms with Crippen LogP contribution in [0.3, 0.4) is 0 Å². The molecule has 0 aromatic carbocycles. The fourth-order valence-electron chi connectivity index (χ4n) is 4.31. The minimum Gasteiger partial charge on any atom is -0.493 e. The van der Waals surface area contributed by atoms with E-state index in [9.17, 15) is 4.79 Å². The van der Waals surface area contributed by atoms with E-state index < -0.39 is 5.54 Å². The summed E-state index contributed by atoms with van der Waals surface area (Å²) < 4.78 is 16.1. The molecule has 1 amide bonds. The van der Waals surface area contributed by atoms with Crippen molar-refractivity contribution in [2.24, 2.45) is 0 Å². The Balaban J connectivity index is 1.83. The monoisotopic (exact) mass is 363 g/mol. The van der Waals surface area contributed by atoms with E-state index in [0.717, 1.165) is 44.5 Å². The van der Waals surface area contributed by atoms with Crippen LogP contribution >= 0.6 is 0 Å². The van der Waals surface area contributed by atoms with Gasteiger partial charge in [0.1, 0.15) is 11.2 Å². The number of likely N-dealkylation sites (tertiary alicyclic amines) is 2. The van der Waals surface area contributed by atoms with Gasteiger partial charge < -0.3 is 19.1 Å². The summed E-state index contributed by atoms with van der Waals surface area (Å²) in [5.74, 6) is 1.55. The molecule has 1 aromatic rings. The molecule has 2 saturated heterocycles. The first kappa shape index (κ1) is 18.9. The standard InChI is InChI=1S/C19H29N3O4/c1-24-13-12-21-10-4-7-19(18(21)23)8-5-11-22(19)14-15-17(26-3)16(25-2)6-9-20-15/h6,9H,4-5,7-8,10-14H2,1-3H3. The molecule has 2 aliphatic rings. The first-order valence-electron chi connectivity index (χ1n) is 9.25. The van der Waals surface area contributed by atoms with Crippen molar-refractivity contribution in [1.29, 1.82) is 0 Å². The van der Waals surface area contributed by atoms with Crippen LogP contribution in [0.4, 0.5) is 0 Å². The fraction of sp³-hybridized carbons (Fsp3) is 0.684. The molecule has 1 aromatic heterocycles. The zero-order valence-corrected chi connectivity index (χ0v) is 16.0. The molecule has 0 N–H and O–H groups in total. The molecule has 3 heterocycles. The Morgan fingerprint density at radius 2 is 1.92 bits per heavy atom. The first-order chi connectivity index (χ1) is 12.7. The molecule has 144 valence electrons. The average Bonchev–Trinajstić information content (AvgIpc) is 3.05. The van der Waals surface area contributed by atoms with Crippen molar-refractivity contribution < 1.29 is 19.0 Å². The van der Waals surface area contributed by atoms with Crippen LogP contribution in [0.15, 0.2) is 12.3 Å². The third-order valence-electron chi connectivity index (χ3n) is 5.60. The number of hydrogen-bond acceptors (Lipinski definition) is 6. The molecular weight excluding hydrogens is 334 g/mol. The second kappa shape index (κ2) is 8.22. The molecule has 7 nitrogen and oxygen atoms in total. The number of carbonyl (C=O) groups excluding carboxylic acids is 1. The molecule has 2 fully saturated rings. The largest absolute Gasteiger partial charge is 0.493 e. The number of methoxy groups -OCH3 is 3. The van der Waals surface area contributed by atoms with E-state index in [0.29, 0.717) is 31.2 Å². The van der Waals surface area contributed by atoms with Crippen LogP contribution in [0.5, 0.6) is 11.5 Å². The summed E-state index contributed by atoms with van der Waals surface area (Å²) in [6.45, 7) is 3.54. The molecule has 26 heavy (non-hydrogen) atoms. The Morgan fingerprint density at radius 1 is 1.15 bits per heavy atom. The number of rotatable bonds is 7. The van der Waals surface area contributed by atoms with E-state index in [4.69, 9.17) is 14.2 Å². The average molecular weight is 363 g/mol. The minimum absolute atomic E-state index is 0.236. The lowest BCUT2D eigenvalue weighted by atomic mass is 9.85. The lowest BCUT2D eigenvalue weighted by Crippen LogP contribution is -2.60. The van der Waals surface area contributed by atoms with Gasteiger partial charge in [-0.2, -0.15) is 0 Å². The number of nitrogens with zero attached hydrogens (tertiary/aromatic N) is 3. The minimum atomic E-state index is -0.415. The highest BCUT2D eigenvalue weighted by Crippen LogP contribution is 2.40. The normalized spacial score (nSPS) is 23.7. The highest BCUT2D eigenvalue weighted by Gasteiger charge is 2.50. The van der Waals surface area contributed by atoms with Crippen LogP contribution in [0.1, 0.15) is 31.4 Å². The predicted octanol–water partition coefficient (Wildman–Crippen LogP) is 1.70. The summed E-state index contributed by atoms with van der Waals surface area (Å²) in [7, 11) is 4.92. The Kier molecular flexibility index (Phi) is 5.98. The highest BCUT2D eigenvalue weighted by molar-refractivity contribution is 5.87. The summed E-state index contributed by atoms with van der Waals surface area (Å²) in [4.78, 5) is 22.0. The van der Waals surface area contributed by atoms with Gasteiger partial charge in [0.25, 0.3) is 0 Å². The first-order valence-corrected chi connectivity index (χ1v) is 9.25. The van der Waals surface area contributed by atoms with Gasteiger partial charge in [0.2, 0.25) is 5.91 Å². The number of piperidine rings is 1. The van der Waals surface area contributed by atoms with Crippen molar-refractivity contribution in [2.45, 2.75) is 37.8 Å². The highest BCUT2D eigenvalue weighted by atomic mass is 16.5. The van der Waals surface area contributed by atoms with Gasteiger partial charge in [-0.25, -0.2) is 0 Å². The topological polar surface area (TPSA) is 64.1 Å². The zero-order valence-electron chi connectivity index (χ0n) is 16.0. The molecule has 0 saturated carbocycles. The number of pyridine rings is 1. The maximum Gasteiger partial charge on any atom is 0.243 e. The molecule has 0 bridgehead atoms. The molecular formula is C19H29N3O4. The third kappa shape index (κ3) is 3.38. The van der Waals surface area contributed by atoms with E-state index in [1.54, 1.807) is 33.6 Å². The summed E-state index contributed by atoms with van der Waals surface area (Å²) in [5, 5.41) is 0. The lowest BCUT2D eigenvalue weighted by Gasteiger charge is -2.44. The maximum absolute atomic E-state index is 13.3. The molecule has 0 radical (unpaired) electrons. The summed E-state index contributed by atoms with van der Waals surface area (Å²) in [6, 6.07) is 1.79. The van der Waals surface area contributed by atoms with Crippen LogP contribution in [0.25, 0.3) is 0 Å². The second-order valence-corrected chi connectivity index (χ2v) is 6.94. The van der Waals surface area contributed by atoms with Crippen molar-refractivity contribution in [3.8, 4) is 11.5 Å². The van der Waals surface area contributed by atoms with E-state index in [2.05, 4.69) is 9.88 Å². The van der Waals surface area contributed by atoms with Gasteiger partial charge in [0, 0.05) is 39.0 Å². The number of amides is 1. The Bertz CT molecular complexity index is 639. The SMILES string of the molecule is COCCN1CCCC2(CCCN2Cc2nccc(OC)c2OC)C1=O. The Labute approximate surface area is 155 Å². The molecule has 1 spiro atoms. The molecule has 2 aliphatic heterocycles. The predicted molar refractivity (Wildman–Crippen MR) is 97.4 cm³/mol. The smallest absolute Gasteiger partial charge is 0.243 e. The summed E-state index contributed by atoms with van der Waals surface area (Å²) >= 11 is 0. The van der Waals surface area contributed by atoms with Crippen LogP contribution in [0.2, 0.25) is 0 Å². The molecule has 1 atom stereocenters. The Hall–Kier alpha value is -1.86. The van der Waals surface area contributed by atoms with Crippen molar-refractivity contribution in [3.63, 3.8) is 0 Å². The molecule has 1 unspecified atom stereocenters. The van der Waals surface area contributed by atoms with Gasteiger partial charge in [-0.1, -0.05) is 0 Å². The van der Waals surface area contributed by atoms with Crippen molar-refractivity contribution in [3.05, 3.63) is 18.0 Å². The van der Waals surface area contributed by atoms with Gasteiger partial charge >= 0.3 is 0 Å². The number of hydrogen-bond donors (Lipinski definition) is 0. The summed E-state index contributed by atoms with van der Waals surface area (Å²) in [5.41, 5.74) is 0.400.